The Hall–Kier alpha value is -1.56. The second-order valence-corrected chi connectivity index (χ2v) is 3.93. The third-order valence-corrected chi connectivity index (χ3v) is 2.89. The predicted octanol–water partition coefficient (Wildman–Crippen LogP) is -0.217. The molecular weight excluding hydrogens is 204 g/mol. The standard InChI is InChI=1S/C10H18N6/c1-2-15-3-5-16(6-4-15)9-7-8(11)13-10(12)14-9/h7H,2-6H2,1H3,(H4,11,12,13,14). The normalized spacial score (nSPS) is 17.7. The van der Waals surface area contributed by atoms with Gasteiger partial charge in [-0.15, -0.1) is 0 Å². The van der Waals surface area contributed by atoms with E-state index < -0.39 is 0 Å². The molecule has 2 rings (SSSR count). The van der Waals surface area contributed by atoms with E-state index in [2.05, 4.69) is 26.7 Å². The van der Waals surface area contributed by atoms with Crippen LogP contribution in [0.25, 0.3) is 0 Å². The topological polar surface area (TPSA) is 84.3 Å². The number of nitrogen functional groups attached to an aromatic ring is 2. The zero-order chi connectivity index (χ0) is 11.5. The van der Waals surface area contributed by atoms with Gasteiger partial charge in [-0.2, -0.15) is 9.97 Å². The minimum atomic E-state index is 0.243. The van der Waals surface area contributed by atoms with Gasteiger partial charge in [0.05, 0.1) is 0 Å². The highest BCUT2D eigenvalue weighted by atomic mass is 15.3. The predicted molar refractivity (Wildman–Crippen MR) is 65.2 cm³/mol. The molecule has 0 radical (unpaired) electrons. The summed E-state index contributed by atoms with van der Waals surface area (Å²) in [6, 6.07) is 1.78. The van der Waals surface area contributed by atoms with E-state index in [9.17, 15) is 0 Å². The van der Waals surface area contributed by atoms with E-state index in [-0.39, 0.29) is 5.95 Å². The molecule has 0 aliphatic carbocycles. The van der Waals surface area contributed by atoms with Crippen molar-refractivity contribution in [1.82, 2.24) is 14.9 Å². The van der Waals surface area contributed by atoms with Gasteiger partial charge < -0.3 is 21.3 Å². The maximum absolute atomic E-state index is 5.65. The monoisotopic (exact) mass is 222 g/mol. The first-order valence-corrected chi connectivity index (χ1v) is 5.56. The van der Waals surface area contributed by atoms with Crippen molar-refractivity contribution in [2.75, 3.05) is 49.1 Å². The van der Waals surface area contributed by atoms with E-state index >= 15 is 0 Å². The fraction of sp³-hybridized carbons (Fsp3) is 0.600. The Balaban J connectivity index is 2.08. The highest BCUT2D eigenvalue weighted by Gasteiger charge is 2.17. The quantitative estimate of drug-likeness (QED) is 0.720. The zero-order valence-corrected chi connectivity index (χ0v) is 9.56. The molecule has 1 aliphatic rings. The van der Waals surface area contributed by atoms with Crippen LogP contribution in [0.15, 0.2) is 6.07 Å². The van der Waals surface area contributed by atoms with Crippen molar-refractivity contribution in [3.8, 4) is 0 Å². The Morgan fingerprint density at radius 3 is 2.44 bits per heavy atom. The van der Waals surface area contributed by atoms with Crippen LogP contribution in [0.3, 0.4) is 0 Å². The van der Waals surface area contributed by atoms with Gasteiger partial charge in [0.2, 0.25) is 5.95 Å². The number of rotatable bonds is 2. The van der Waals surface area contributed by atoms with Crippen LogP contribution in [0.1, 0.15) is 6.92 Å². The molecule has 0 aromatic carbocycles. The van der Waals surface area contributed by atoms with Crippen LogP contribution >= 0.6 is 0 Å². The van der Waals surface area contributed by atoms with Crippen molar-refractivity contribution >= 4 is 17.6 Å². The smallest absolute Gasteiger partial charge is 0.223 e. The third kappa shape index (κ3) is 2.33. The SMILES string of the molecule is CCN1CCN(c2cc(N)nc(N)n2)CC1. The second kappa shape index (κ2) is 4.52. The summed E-state index contributed by atoms with van der Waals surface area (Å²) in [5.41, 5.74) is 11.2. The summed E-state index contributed by atoms with van der Waals surface area (Å²) in [5.74, 6) is 1.51. The van der Waals surface area contributed by atoms with Gasteiger partial charge in [-0.25, -0.2) is 0 Å². The summed E-state index contributed by atoms with van der Waals surface area (Å²) >= 11 is 0. The summed E-state index contributed by atoms with van der Waals surface area (Å²) < 4.78 is 0. The molecule has 0 bridgehead atoms. The first-order chi connectivity index (χ1) is 7.69. The number of aromatic nitrogens is 2. The van der Waals surface area contributed by atoms with E-state index in [0.29, 0.717) is 5.82 Å². The molecule has 88 valence electrons. The van der Waals surface area contributed by atoms with Gasteiger partial charge >= 0.3 is 0 Å². The molecule has 1 aromatic rings. The number of anilines is 3. The number of piperazine rings is 1. The van der Waals surface area contributed by atoms with Crippen LogP contribution in [0, 0.1) is 0 Å². The molecule has 6 heteroatoms. The summed E-state index contributed by atoms with van der Waals surface area (Å²) in [6.07, 6.45) is 0. The Bertz CT molecular complexity index is 338. The second-order valence-electron chi connectivity index (χ2n) is 3.93. The lowest BCUT2D eigenvalue weighted by molar-refractivity contribution is 0.270. The third-order valence-electron chi connectivity index (χ3n) is 2.89. The van der Waals surface area contributed by atoms with Crippen LogP contribution < -0.4 is 16.4 Å². The average Bonchev–Trinajstić information content (AvgIpc) is 2.28. The highest BCUT2D eigenvalue weighted by Crippen LogP contribution is 2.16. The van der Waals surface area contributed by atoms with Gasteiger partial charge in [0.15, 0.2) is 0 Å². The highest BCUT2D eigenvalue weighted by molar-refractivity contribution is 5.50. The molecular formula is C10H18N6. The molecule has 4 N–H and O–H groups in total. The summed E-state index contributed by atoms with van der Waals surface area (Å²) in [7, 11) is 0. The van der Waals surface area contributed by atoms with Gasteiger partial charge in [-0.05, 0) is 6.54 Å². The van der Waals surface area contributed by atoms with Crippen LogP contribution in [-0.4, -0.2) is 47.6 Å². The fourth-order valence-electron chi connectivity index (χ4n) is 1.93. The minimum Gasteiger partial charge on any atom is -0.383 e. The number of hydrogen-bond donors (Lipinski definition) is 2. The number of hydrogen-bond acceptors (Lipinski definition) is 6. The molecule has 0 spiro atoms. The fourth-order valence-corrected chi connectivity index (χ4v) is 1.93. The first kappa shape index (κ1) is 10.9. The Labute approximate surface area is 95.3 Å². The number of nitrogens with two attached hydrogens (primary N) is 2. The van der Waals surface area contributed by atoms with Crippen molar-refractivity contribution in [2.45, 2.75) is 6.92 Å². The van der Waals surface area contributed by atoms with E-state index in [4.69, 9.17) is 11.5 Å². The zero-order valence-electron chi connectivity index (χ0n) is 9.56. The van der Waals surface area contributed by atoms with E-state index in [1.54, 1.807) is 6.07 Å². The summed E-state index contributed by atoms with van der Waals surface area (Å²) in [4.78, 5) is 12.7. The van der Waals surface area contributed by atoms with Crippen molar-refractivity contribution in [3.63, 3.8) is 0 Å². The van der Waals surface area contributed by atoms with Crippen LogP contribution in [0.4, 0.5) is 17.6 Å². The summed E-state index contributed by atoms with van der Waals surface area (Å²) in [6.45, 7) is 7.31. The van der Waals surface area contributed by atoms with Gasteiger partial charge in [0, 0.05) is 32.2 Å². The molecule has 6 nitrogen and oxygen atoms in total. The van der Waals surface area contributed by atoms with Crippen LogP contribution in [0.5, 0.6) is 0 Å². The Kier molecular flexibility index (Phi) is 3.09. The van der Waals surface area contributed by atoms with Crippen LogP contribution in [-0.2, 0) is 0 Å². The van der Waals surface area contributed by atoms with Crippen LogP contribution in [0.2, 0.25) is 0 Å². The maximum Gasteiger partial charge on any atom is 0.223 e. The van der Waals surface area contributed by atoms with Gasteiger partial charge in [0.1, 0.15) is 11.6 Å². The molecule has 0 saturated carbocycles. The molecule has 2 heterocycles. The molecule has 1 fully saturated rings. The molecule has 0 atom stereocenters. The van der Waals surface area contributed by atoms with Crippen molar-refractivity contribution in [3.05, 3.63) is 6.07 Å². The van der Waals surface area contributed by atoms with Crippen molar-refractivity contribution < 1.29 is 0 Å². The molecule has 1 aliphatic heterocycles. The molecule has 1 aromatic heterocycles. The Morgan fingerprint density at radius 2 is 1.88 bits per heavy atom. The first-order valence-electron chi connectivity index (χ1n) is 5.56. The van der Waals surface area contributed by atoms with E-state index in [1.807, 2.05) is 0 Å². The van der Waals surface area contributed by atoms with Gasteiger partial charge in [0.25, 0.3) is 0 Å². The van der Waals surface area contributed by atoms with Gasteiger partial charge in [-0.1, -0.05) is 6.92 Å². The lowest BCUT2D eigenvalue weighted by atomic mass is 10.3. The minimum absolute atomic E-state index is 0.243. The molecule has 0 amide bonds. The molecule has 0 unspecified atom stereocenters. The Morgan fingerprint density at radius 1 is 1.19 bits per heavy atom. The summed E-state index contributed by atoms with van der Waals surface area (Å²) in [5, 5.41) is 0. The van der Waals surface area contributed by atoms with E-state index in [1.165, 1.54) is 0 Å². The molecule has 16 heavy (non-hydrogen) atoms. The average molecular weight is 222 g/mol. The lowest BCUT2D eigenvalue weighted by Gasteiger charge is -2.34. The van der Waals surface area contributed by atoms with Crippen molar-refractivity contribution in [1.29, 1.82) is 0 Å². The number of nitrogens with zero attached hydrogens (tertiary/aromatic N) is 4. The maximum atomic E-state index is 5.65. The van der Waals surface area contributed by atoms with Gasteiger partial charge in [-0.3, -0.25) is 0 Å². The number of likely N-dealkylation sites (N-methyl/N-ethyl adjacent to an activating group) is 1. The van der Waals surface area contributed by atoms with E-state index in [0.717, 1.165) is 38.5 Å². The molecule has 1 saturated heterocycles. The lowest BCUT2D eigenvalue weighted by Crippen LogP contribution is -2.46. The van der Waals surface area contributed by atoms with Crippen molar-refractivity contribution in [2.24, 2.45) is 0 Å². The largest absolute Gasteiger partial charge is 0.383 e.